The van der Waals surface area contributed by atoms with Gasteiger partial charge in [-0.05, 0) is 35.4 Å². The molecule has 14 heteroatoms. The van der Waals surface area contributed by atoms with Crippen molar-refractivity contribution in [2.24, 2.45) is 0 Å². The van der Waals surface area contributed by atoms with Crippen LogP contribution in [0.3, 0.4) is 0 Å². The van der Waals surface area contributed by atoms with Gasteiger partial charge in [-0.1, -0.05) is 24.3 Å². The zero-order valence-corrected chi connectivity index (χ0v) is 17.0. The lowest BCUT2D eigenvalue weighted by molar-refractivity contribution is -0.788. The molecule has 0 spiro atoms. The minimum Gasteiger partial charge on any atom is -0.497 e. The highest BCUT2D eigenvalue weighted by Gasteiger charge is 2.48. The van der Waals surface area contributed by atoms with Crippen molar-refractivity contribution in [3.05, 3.63) is 72.3 Å². The summed E-state index contributed by atoms with van der Waals surface area (Å²) < 4.78 is 10.1. The summed E-state index contributed by atoms with van der Waals surface area (Å²) >= 11 is 0. The minimum absolute atomic E-state index is 0.544. The van der Waals surface area contributed by atoms with E-state index in [1.54, 1.807) is 36.4 Å². The Bertz CT molecular complexity index is 1010. The highest BCUT2D eigenvalue weighted by molar-refractivity contribution is 5.86. The summed E-state index contributed by atoms with van der Waals surface area (Å²) in [5.74, 6) is -1.09. The van der Waals surface area contributed by atoms with E-state index in [1.807, 2.05) is 0 Å². The Morgan fingerprint density at radius 3 is 2.03 bits per heavy atom. The van der Waals surface area contributed by atoms with E-state index >= 15 is 0 Å². The Hall–Kier alpha value is -4.23. The van der Waals surface area contributed by atoms with E-state index in [-0.39, 0.29) is 0 Å². The van der Waals surface area contributed by atoms with E-state index in [4.69, 9.17) is 9.47 Å². The monoisotopic (exact) mass is 453 g/mol. The summed E-state index contributed by atoms with van der Waals surface area (Å²) in [6.45, 7) is -1.99. The minimum atomic E-state index is -2.56. The molecule has 0 radical (unpaired) electrons. The van der Waals surface area contributed by atoms with Crippen LogP contribution in [0.1, 0.15) is 18.4 Å². The molecule has 0 fully saturated rings. The molecule has 0 aliphatic carbocycles. The summed E-state index contributed by atoms with van der Waals surface area (Å²) in [7, 11) is 1.53. The molecule has 32 heavy (non-hydrogen) atoms. The summed E-state index contributed by atoms with van der Waals surface area (Å²) in [5, 5.41) is 31.5. The van der Waals surface area contributed by atoms with Gasteiger partial charge in [-0.3, -0.25) is 14.9 Å². The zero-order chi connectivity index (χ0) is 23.9. The Labute approximate surface area is 180 Å². The molecular formula is C18H19N3O11. The molecule has 14 nitrogen and oxygen atoms in total. The fourth-order valence-electron chi connectivity index (χ4n) is 2.73. The lowest BCUT2D eigenvalue weighted by atomic mass is 9.97. The standard InChI is InChI=1S/C18H19N3O11/c1-12(13-3-4-15-8-16(29-2)6-5-14(15)7-13)17(22)30-9-18(19(23)24,10-31-20(25)26)11-32-21(27)28/h3-8,12H,9-11H2,1-2H3/t12-/m0/s1. The van der Waals surface area contributed by atoms with Crippen molar-refractivity contribution in [3.8, 4) is 5.75 Å². The predicted octanol–water partition coefficient (Wildman–Crippen LogP) is 1.93. The molecular weight excluding hydrogens is 434 g/mol. The fraction of sp³-hybridized carbons (Fsp3) is 0.389. The molecule has 0 aliphatic rings. The van der Waals surface area contributed by atoms with E-state index in [9.17, 15) is 35.1 Å². The molecule has 0 amide bonds. The van der Waals surface area contributed by atoms with Crippen molar-refractivity contribution in [1.29, 1.82) is 0 Å². The molecule has 0 bridgehead atoms. The number of carbonyl (C=O) groups is 1. The van der Waals surface area contributed by atoms with E-state index < -0.39 is 52.3 Å². The summed E-state index contributed by atoms with van der Waals surface area (Å²) in [6.07, 6.45) is 0. The second-order valence-electron chi connectivity index (χ2n) is 6.78. The maximum Gasteiger partial charge on any atom is 0.313 e. The number of carbonyl (C=O) groups excluding carboxylic acids is 1. The summed E-state index contributed by atoms with van der Waals surface area (Å²) in [5.41, 5.74) is -2.02. The van der Waals surface area contributed by atoms with Crippen molar-refractivity contribution in [3.63, 3.8) is 0 Å². The Kier molecular flexibility index (Phi) is 7.66. The maximum absolute atomic E-state index is 12.5. The number of fused-ring (bicyclic) bond motifs is 1. The first kappa shape index (κ1) is 24.0. The van der Waals surface area contributed by atoms with Gasteiger partial charge >= 0.3 is 11.5 Å². The third-order valence-electron chi connectivity index (χ3n) is 4.67. The second-order valence-corrected chi connectivity index (χ2v) is 6.78. The molecule has 1 atom stereocenters. The number of rotatable bonds is 12. The van der Waals surface area contributed by atoms with Crippen LogP contribution >= 0.6 is 0 Å². The predicted molar refractivity (Wildman–Crippen MR) is 105 cm³/mol. The Morgan fingerprint density at radius 1 is 0.938 bits per heavy atom. The van der Waals surface area contributed by atoms with Gasteiger partial charge in [0.15, 0.2) is 19.8 Å². The van der Waals surface area contributed by atoms with E-state index in [1.165, 1.54) is 14.0 Å². The lowest BCUT2D eigenvalue weighted by Crippen LogP contribution is -2.52. The molecule has 0 N–H and O–H groups in total. The summed E-state index contributed by atoms with van der Waals surface area (Å²) in [4.78, 5) is 51.9. The van der Waals surface area contributed by atoms with Crippen LogP contribution in [0.15, 0.2) is 36.4 Å². The lowest BCUT2D eigenvalue weighted by Gasteiger charge is -2.23. The topological polar surface area (TPSA) is 183 Å². The van der Waals surface area contributed by atoms with Crippen LogP contribution in [0, 0.1) is 30.3 Å². The second kappa shape index (κ2) is 10.2. The van der Waals surface area contributed by atoms with Gasteiger partial charge in [0.05, 0.1) is 13.0 Å². The van der Waals surface area contributed by atoms with Gasteiger partial charge in [-0.2, -0.15) is 0 Å². The number of hydrogen-bond acceptors (Lipinski definition) is 11. The van der Waals surface area contributed by atoms with Crippen molar-refractivity contribution in [2.45, 2.75) is 18.4 Å². The molecule has 2 aromatic carbocycles. The zero-order valence-electron chi connectivity index (χ0n) is 17.0. The molecule has 172 valence electrons. The van der Waals surface area contributed by atoms with Crippen LogP contribution in [-0.2, 0) is 19.2 Å². The maximum atomic E-state index is 12.5. The molecule has 0 saturated carbocycles. The van der Waals surface area contributed by atoms with Crippen LogP contribution in [0.5, 0.6) is 5.75 Å². The summed E-state index contributed by atoms with van der Waals surface area (Å²) in [6, 6.07) is 10.5. The van der Waals surface area contributed by atoms with Crippen molar-refractivity contribution >= 4 is 16.7 Å². The van der Waals surface area contributed by atoms with Gasteiger partial charge < -0.3 is 19.1 Å². The third kappa shape index (κ3) is 5.90. The normalized spacial score (nSPS) is 11.9. The van der Waals surface area contributed by atoms with Crippen LogP contribution in [0.2, 0.25) is 0 Å². The molecule has 0 heterocycles. The number of ether oxygens (including phenoxy) is 2. The van der Waals surface area contributed by atoms with E-state index in [2.05, 4.69) is 9.68 Å². The Balaban J connectivity index is 2.18. The fourth-order valence-corrected chi connectivity index (χ4v) is 2.73. The molecule has 0 aromatic heterocycles. The van der Waals surface area contributed by atoms with Crippen LogP contribution in [0.25, 0.3) is 10.8 Å². The van der Waals surface area contributed by atoms with Gasteiger partial charge in [0.2, 0.25) is 0 Å². The average Bonchev–Trinajstić information content (AvgIpc) is 2.76. The first-order valence-electron chi connectivity index (χ1n) is 9.01. The van der Waals surface area contributed by atoms with Gasteiger partial charge in [-0.15, -0.1) is 20.2 Å². The quantitative estimate of drug-likeness (QED) is 0.260. The molecule has 0 saturated heterocycles. The number of nitro groups is 1. The van der Waals surface area contributed by atoms with Crippen LogP contribution in [0.4, 0.5) is 0 Å². The number of nitrogens with zero attached hydrogens (tertiary/aromatic N) is 3. The SMILES string of the molecule is COc1ccc2cc([C@H](C)C(=O)OCC(CO[N+](=O)[O-])(CO[N+](=O)[O-])[N+](=O)[O-])ccc2c1. The molecule has 2 rings (SSSR count). The molecule has 2 aromatic rings. The number of hydrogen-bond donors (Lipinski definition) is 0. The van der Waals surface area contributed by atoms with Crippen molar-refractivity contribution < 1.29 is 39.0 Å². The Morgan fingerprint density at radius 2 is 1.50 bits per heavy atom. The number of esters is 1. The van der Waals surface area contributed by atoms with Gasteiger partial charge in [0, 0.05) is 4.92 Å². The third-order valence-corrected chi connectivity index (χ3v) is 4.67. The van der Waals surface area contributed by atoms with Crippen molar-refractivity contribution in [2.75, 3.05) is 26.9 Å². The number of benzene rings is 2. The van der Waals surface area contributed by atoms with E-state index in [0.717, 1.165) is 10.8 Å². The average molecular weight is 453 g/mol. The number of methoxy groups -OCH3 is 1. The highest BCUT2D eigenvalue weighted by Crippen LogP contribution is 2.26. The highest BCUT2D eigenvalue weighted by atomic mass is 17.0. The van der Waals surface area contributed by atoms with Crippen LogP contribution < -0.4 is 4.74 Å². The van der Waals surface area contributed by atoms with Gasteiger partial charge in [-0.25, -0.2) is 0 Å². The largest absolute Gasteiger partial charge is 0.497 e. The van der Waals surface area contributed by atoms with Gasteiger partial charge in [0.25, 0.3) is 10.2 Å². The first-order chi connectivity index (χ1) is 15.1. The smallest absolute Gasteiger partial charge is 0.313 e. The first-order valence-corrected chi connectivity index (χ1v) is 9.01. The molecule has 0 unspecified atom stereocenters. The van der Waals surface area contributed by atoms with Gasteiger partial charge in [0.1, 0.15) is 5.75 Å². The van der Waals surface area contributed by atoms with Crippen molar-refractivity contribution in [1.82, 2.24) is 0 Å². The van der Waals surface area contributed by atoms with Crippen LogP contribution in [-0.4, -0.2) is 53.5 Å². The van der Waals surface area contributed by atoms with E-state index in [0.29, 0.717) is 11.3 Å². The molecule has 0 aliphatic heterocycles.